The maximum absolute atomic E-state index is 11.4. The highest BCUT2D eigenvalue weighted by molar-refractivity contribution is 6.40. The molecular formula is C12H13BN2O3. The van der Waals surface area contributed by atoms with Crippen molar-refractivity contribution in [3.63, 3.8) is 0 Å². The molecule has 0 saturated heterocycles. The van der Waals surface area contributed by atoms with Gasteiger partial charge in [-0.15, -0.1) is 0 Å². The number of methoxy groups -OCH3 is 1. The third-order valence-electron chi connectivity index (χ3n) is 2.63. The number of hydrogen-bond donors (Lipinski definition) is 0. The summed E-state index contributed by atoms with van der Waals surface area (Å²) < 4.78 is 11.6. The van der Waals surface area contributed by atoms with Gasteiger partial charge >= 0.3 is 5.97 Å². The molecule has 92 valence electrons. The van der Waals surface area contributed by atoms with E-state index < -0.39 is 0 Å². The average Bonchev–Trinajstić information content (AvgIpc) is 2.74. The van der Waals surface area contributed by atoms with Gasteiger partial charge in [0.1, 0.15) is 20.1 Å². The first kappa shape index (κ1) is 12.5. The molecular weight excluding hydrogens is 231 g/mol. The van der Waals surface area contributed by atoms with E-state index in [0.717, 1.165) is 10.9 Å². The molecule has 2 aromatic rings. The molecule has 0 aliphatic rings. The SMILES string of the molecule is [B]c1c(OC)ccc2c1cnn2CC(=O)OCC. The molecule has 5 nitrogen and oxygen atoms in total. The van der Waals surface area contributed by atoms with Crippen LogP contribution in [-0.4, -0.2) is 37.3 Å². The fourth-order valence-corrected chi connectivity index (χ4v) is 1.79. The second-order valence-corrected chi connectivity index (χ2v) is 3.72. The Hall–Kier alpha value is -1.98. The highest BCUT2D eigenvalue weighted by atomic mass is 16.5. The van der Waals surface area contributed by atoms with Crippen molar-refractivity contribution in [2.75, 3.05) is 13.7 Å². The van der Waals surface area contributed by atoms with E-state index in [-0.39, 0.29) is 12.5 Å². The first-order valence-corrected chi connectivity index (χ1v) is 5.61. The van der Waals surface area contributed by atoms with Crippen molar-refractivity contribution in [1.29, 1.82) is 0 Å². The molecule has 0 fully saturated rings. The lowest BCUT2D eigenvalue weighted by Crippen LogP contribution is -2.15. The molecule has 0 amide bonds. The van der Waals surface area contributed by atoms with Gasteiger partial charge in [0.15, 0.2) is 0 Å². The van der Waals surface area contributed by atoms with E-state index in [0.29, 0.717) is 17.8 Å². The topological polar surface area (TPSA) is 53.4 Å². The summed E-state index contributed by atoms with van der Waals surface area (Å²) in [6.07, 6.45) is 1.62. The summed E-state index contributed by atoms with van der Waals surface area (Å²) >= 11 is 0. The van der Waals surface area contributed by atoms with Crippen molar-refractivity contribution < 1.29 is 14.3 Å². The van der Waals surface area contributed by atoms with Crippen LogP contribution in [0.4, 0.5) is 0 Å². The van der Waals surface area contributed by atoms with Gasteiger partial charge in [-0.05, 0) is 24.5 Å². The number of carbonyl (C=O) groups is 1. The van der Waals surface area contributed by atoms with Crippen molar-refractivity contribution in [2.45, 2.75) is 13.5 Å². The van der Waals surface area contributed by atoms with Crippen LogP contribution in [0, 0.1) is 0 Å². The van der Waals surface area contributed by atoms with Gasteiger partial charge in [-0.2, -0.15) is 5.10 Å². The Morgan fingerprint density at radius 3 is 2.94 bits per heavy atom. The monoisotopic (exact) mass is 244 g/mol. The van der Waals surface area contributed by atoms with Gasteiger partial charge < -0.3 is 9.47 Å². The zero-order valence-corrected chi connectivity index (χ0v) is 10.3. The van der Waals surface area contributed by atoms with Crippen molar-refractivity contribution >= 4 is 30.2 Å². The normalized spacial score (nSPS) is 10.6. The van der Waals surface area contributed by atoms with Crippen LogP contribution in [0.2, 0.25) is 0 Å². The molecule has 0 N–H and O–H groups in total. The van der Waals surface area contributed by atoms with Crippen molar-refractivity contribution in [3.8, 4) is 5.75 Å². The summed E-state index contributed by atoms with van der Waals surface area (Å²) in [5, 5.41) is 4.90. The Balaban J connectivity index is 2.37. The number of nitrogens with zero attached hydrogens (tertiary/aromatic N) is 2. The van der Waals surface area contributed by atoms with Gasteiger partial charge in [0.25, 0.3) is 0 Å². The zero-order chi connectivity index (χ0) is 13.1. The van der Waals surface area contributed by atoms with Crippen LogP contribution in [-0.2, 0) is 16.1 Å². The standard InChI is InChI=1S/C12H13BN2O3/c1-3-18-11(16)7-15-9-4-5-10(17-2)12(13)8(9)6-14-15/h4-6H,3,7H2,1-2H3. The smallest absolute Gasteiger partial charge is 0.327 e. The molecule has 1 aromatic heterocycles. The first-order valence-electron chi connectivity index (χ1n) is 5.61. The van der Waals surface area contributed by atoms with Gasteiger partial charge in [-0.1, -0.05) is 0 Å². The van der Waals surface area contributed by atoms with E-state index in [9.17, 15) is 4.79 Å². The Labute approximate surface area is 106 Å². The summed E-state index contributed by atoms with van der Waals surface area (Å²) in [7, 11) is 7.49. The second-order valence-electron chi connectivity index (χ2n) is 3.72. The lowest BCUT2D eigenvalue weighted by molar-refractivity contribution is -0.143. The van der Waals surface area contributed by atoms with Crippen molar-refractivity contribution in [2.24, 2.45) is 0 Å². The predicted molar refractivity (Wildman–Crippen MR) is 68.3 cm³/mol. The zero-order valence-electron chi connectivity index (χ0n) is 10.3. The Bertz CT molecular complexity index is 580. The number of ether oxygens (including phenoxy) is 2. The lowest BCUT2D eigenvalue weighted by atomic mass is 9.91. The molecule has 2 radical (unpaired) electrons. The number of benzene rings is 1. The Morgan fingerprint density at radius 2 is 2.28 bits per heavy atom. The molecule has 1 aromatic carbocycles. The second kappa shape index (κ2) is 5.12. The maximum Gasteiger partial charge on any atom is 0.327 e. The number of esters is 1. The fourth-order valence-electron chi connectivity index (χ4n) is 1.79. The third-order valence-corrected chi connectivity index (χ3v) is 2.63. The molecule has 1 heterocycles. The molecule has 6 heteroatoms. The highest BCUT2D eigenvalue weighted by Crippen LogP contribution is 2.17. The van der Waals surface area contributed by atoms with E-state index in [2.05, 4.69) is 5.10 Å². The molecule has 0 saturated carbocycles. The molecule has 18 heavy (non-hydrogen) atoms. The van der Waals surface area contributed by atoms with Crippen LogP contribution in [0.1, 0.15) is 6.92 Å². The first-order chi connectivity index (χ1) is 8.67. The van der Waals surface area contributed by atoms with E-state index in [4.69, 9.17) is 17.3 Å². The van der Waals surface area contributed by atoms with E-state index in [1.54, 1.807) is 31.0 Å². The minimum atomic E-state index is -0.322. The molecule has 2 rings (SSSR count). The summed E-state index contributed by atoms with van der Waals surface area (Å²) in [6, 6.07) is 3.57. The average molecular weight is 244 g/mol. The van der Waals surface area contributed by atoms with Crippen LogP contribution < -0.4 is 10.2 Å². The predicted octanol–water partition coefficient (Wildman–Crippen LogP) is 0.402. The van der Waals surface area contributed by atoms with Crippen molar-refractivity contribution in [1.82, 2.24) is 9.78 Å². The van der Waals surface area contributed by atoms with Gasteiger partial charge in [0.2, 0.25) is 0 Å². The molecule has 0 atom stereocenters. The molecule has 0 aliphatic carbocycles. The maximum atomic E-state index is 11.4. The minimum Gasteiger partial charge on any atom is -0.497 e. The Kier molecular flexibility index (Phi) is 3.55. The van der Waals surface area contributed by atoms with Crippen molar-refractivity contribution in [3.05, 3.63) is 18.3 Å². The van der Waals surface area contributed by atoms with Crippen LogP contribution in [0.25, 0.3) is 10.9 Å². The number of carbonyl (C=O) groups excluding carboxylic acids is 1. The molecule has 0 spiro atoms. The summed E-state index contributed by atoms with van der Waals surface area (Å²) in [5.41, 5.74) is 1.30. The fraction of sp³-hybridized carbons (Fsp3) is 0.333. The van der Waals surface area contributed by atoms with Crippen LogP contribution >= 0.6 is 0 Å². The van der Waals surface area contributed by atoms with Gasteiger partial charge in [0.05, 0.1) is 25.4 Å². The lowest BCUT2D eigenvalue weighted by Gasteiger charge is -2.07. The number of aromatic nitrogens is 2. The summed E-state index contributed by atoms with van der Waals surface area (Å²) in [6.45, 7) is 2.19. The summed E-state index contributed by atoms with van der Waals surface area (Å²) in [5.74, 6) is 0.273. The van der Waals surface area contributed by atoms with Crippen LogP contribution in [0.5, 0.6) is 5.75 Å². The quantitative estimate of drug-likeness (QED) is 0.577. The largest absolute Gasteiger partial charge is 0.497 e. The minimum absolute atomic E-state index is 0.0725. The van der Waals surface area contributed by atoms with Crippen LogP contribution in [0.15, 0.2) is 18.3 Å². The highest BCUT2D eigenvalue weighted by Gasteiger charge is 2.11. The molecule has 0 aliphatic heterocycles. The van der Waals surface area contributed by atoms with E-state index in [1.165, 1.54) is 0 Å². The van der Waals surface area contributed by atoms with E-state index >= 15 is 0 Å². The number of hydrogen-bond acceptors (Lipinski definition) is 4. The van der Waals surface area contributed by atoms with E-state index in [1.807, 2.05) is 6.07 Å². The van der Waals surface area contributed by atoms with Crippen LogP contribution in [0.3, 0.4) is 0 Å². The van der Waals surface area contributed by atoms with Gasteiger partial charge in [0, 0.05) is 5.39 Å². The van der Waals surface area contributed by atoms with Gasteiger partial charge in [-0.3, -0.25) is 9.48 Å². The molecule has 0 unspecified atom stereocenters. The summed E-state index contributed by atoms with van der Waals surface area (Å²) in [4.78, 5) is 11.4. The molecule has 0 bridgehead atoms. The number of fused-ring (bicyclic) bond motifs is 1. The Morgan fingerprint density at radius 1 is 1.50 bits per heavy atom. The number of rotatable bonds is 4. The van der Waals surface area contributed by atoms with Gasteiger partial charge in [-0.25, -0.2) is 0 Å². The third kappa shape index (κ3) is 2.18.